The molecule has 0 N–H and O–H groups in total. The third kappa shape index (κ3) is 5.53. The minimum absolute atomic E-state index is 0.0247. The van der Waals surface area contributed by atoms with Crippen molar-refractivity contribution in [3.8, 4) is 11.5 Å². The molecule has 0 aliphatic carbocycles. The standard InChI is InChI=1S/C17H18N6O8/c1-19(2)12-7-5-11(6-8-12)17(24)30-15-10-16(31-18-23(29)20(3)4)14(22(27)28)9-13(15)21(25)26/h5-10H,1-4H3/b23-18-. The molecule has 0 aliphatic heterocycles. The lowest BCUT2D eigenvalue weighted by molar-refractivity contribution is -0.695. The Morgan fingerprint density at radius 2 is 1.45 bits per heavy atom. The number of nitro benzene ring substituents is 2. The molecule has 164 valence electrons. The molecule has 0 unspecified atom stereocenters. The minimum atomic E-state index is -0.964. The molecule has 0 atom stereocenters. The zero-order valence-corrected chi connectivity index (χ0v) is 16.9. The van der Waals surface area contributed by atoms with Gasteiger partial charge in [-0.2, -0.15) is 5.01 Å². The van der Waals surface area contributed by atoms with Gasteiger partial charge in [0.2, 0.25) is 16.8 Å². The molecule has 0 aliphatic rings. The number of ether oxygens (including phenoxy) is 1. The Hall–Kier alpha value is -4.49. The number of nitro groups is 2. The van der Waals surface area contributed by atoms with Crippen LogP contribution in [0.2, 0.25) is 0 Å². The molecule has 0 saturated carbocycles. The summed E-state index contributed by atoms with van der Waals surface area (Å²) >= 11 is 0. The van der Waals surface area contributed by atoms with Crippen molar-refractivity contribution < 1.29 is 29.2 Å². The van der Waals surface area contributed by atoms with Crippen LogP contribution < -0.4 is 14.5 Å². The first kappa shape index (κ1) is 22.8. The highest BCUT2D eigenvalue weighted by Crippen LogP contribution is 2.39. The molecule has 31 heavy (non-hydrogen) atoms. The van der Waals surface area contributed by atoms with Gasteiger partial charge in [0, 0.05) is 25.8 Å². The second-order valence-corrected chi connectivity index (χ2v) is 6.41. The fraction of sp³-hybridized carbons (Fsp3) is 0.235. The fourth-order valence-electron chi connectivity index (χ4n) is 2.19. The molecule has 2 aromatic rings. The molecule has 0 bridgehead atoms. The van der Waals surface area contributed by atoms with Crippen molar-refractivity contribution in [3.63, 3.8) is 0 Å². The molecule has 14 heteroatoms. The van der Waals surface area contributed by atoms with Crippen molar-refractivity contribution in [1.82, 2.24) is 5.01 Å². The Morgan fingerprint density at radius 3 is 1.94 bits per heavy atom. The lowest BCUT2D eigenvalue weighted by Gasteiger charge is -2.12. The number of esters is 1. The van der Waals surface area contributed by atoms with Crippen LogP contribution in [0, 0.1) is 25.4 Å². The quantitative estimate of drug-likeness (QED) is 0.150. The van der Waals surface area contributed by atoms with Gasteiger partial charge in [-0.3, -0.25) is 25.1 Å². The van der Waals surface area contributed by atoms with Crippen LogP contribution in [0.4, 0.5) is 17.1 Å². The Labute approximate surface area is 175 Å². The molecular weight excluding hydrogens is 416 g/mol. The Morgan fingerprint density at radius 1 is 0.903 bits per heavy atom. The van der Waals surface area contributed by atoms with Gasteiger partial charge >= 0.3 is 17.3 Å². The van der Waals surface area contributed by atoms with Crippen molar-refractivity contribution in [2.24, 2.45) is 5.28 Å². The number of rotatable bonds is 8. The van der Waals surface area contributed by atoms with E-state index in [-0.39, 0.29) is 10.5 Å². The molecular formula is C17H18N6O8. The molecule has 0 aromatic heterocycles. The van der Waals surface area contributed by atoms with Crippen molar-refractivity contribution in [2.45, 2.75) is 0 Å². The van der Waals surface area contributed by atoms with Gasteiger partial charge in [-0.05, 0) is 24.3 Å². The first-order valence-electron chi connectivity index (χ1n) is 8.50. The Kier molecular flexibility index (Phi) is 6.87. The van der Waals surface area contributed by atoms with E-state index in [9.17, 15) is 30.2 Å². The van der Waals surface area contributed by atoms with Crippen molar-refractivity contribution in [3.05, 3.63) is 67.4 Å². The molecule has 0 heterocycles. The van der Waals surface area contributed by atoms with Gasteiger partial charge in [0.05, 0.1) is 34.5 Å². The van der Waals surface area contributed by atoms with E-state index in [0.717, 1.165) is 16.8 Å². The van der Waals surface area contributed by atoms with Crippen molar-refractivity contribution >= 4 is 23.0 Å². The summed E-state index contributed by atoms with van der Waals surface area (Å²) in [5.41, 5.74) is -0.802. The fourth-order valence-corrected chi connectivity index (χ4v) is 2.19. The summed E-state index contributed by atoms with van der Waals surface area (Å²) in [6, 6.07) is 7.47. The third-order valence-electron chi connectivity index (χ3n) is 3.81. The van der Waals surface area contributed by atoms with Gasteiger partial charge in [-0.15, -0.1) is 0 Å². The number of hydrogen-bond donors (Lipinski definition) is 0. The lowest BCUT2D eigenvalue weighted by Crippen LogP contribution is -2.21. The van der Waals surface area contributed by atoms with Crippen molar-refractivity contribution in [2.75, 3.05) is 33.1 Å². The number of hydrazine groups is 1. The number of benzene rings is 2. The van der Waals surface area contributed by atoms with E-state index in [4.69, 9.17) is 9.57 Å². The minimum Gasteiger partial charge on any atom is -0.569 e. The maximum Gasteiger partial charge on any atom is 0.343 e. The topological polar surface area (TPSA) is 167 Å². The number of hydrogen-bond acceptors (Lipinski definition) is 10. The van der Waals surface area contributed by atoms with Gasteiger partial charge in [0.25, 0.3) is 0 Å². The molecule has 2 aromatic carbocycles. The van der Waals surface area contributed by atoms with Gasteiger partial charge in [0.15, 0.2) is 0 Å². The first-order valence-corrected chi connectivity index (χ1v) is 8.50. The van der Waals surface area contributed by atoms with Gasteiger partial charge in [0.1, 0.15) is 6.07 Å². The van der Waals surface area contributed by atoms with Crippen LogP contribution in [0.15, 0.2) is 41.7 Å². The summed E-state index contributed by atoms with van der Waals surface area (Å²) in [5, 5.41) is 38.2. The van der Waals surface area contributed by atoms with E-state index in [1.165, 1.54) is 26.2 Å². The highest BCUT2D eigenvalue weighted by atomic mass is 16.7. The van der Waals surface area contributed by atoms with Gasteiger partial charge in [-0.25, -0.2) is 4.79 Å². The van der Waals surface area contributed by atoms with Gasteiger partial charge in [-0.1, -0.05) is 0 Å². The number of anilines is 1. The lowest BCUT2D eigenvalue weighted by atomic mass is 10.2. The zero-order valence-electron chi connectivity index (χ0n) is 16.9. The zero-order chi connectivity index (χ0) is 23.3. The SMILES string of the molecule is CN(C)c1ccc(C(=O)Oc2cc(O/N=[N+](\[O-])N(C)C)c([N+](=O)[O-])cc2[N+](=O)[O-])cc1. The molecule has 14 nitrogen and oxygen atoms in total. The number of carbonyl (C=O) groups excluding carboxylic acids is 1. The highest BCUT2D eigenvalue weighted by molar-refractivity contribution is 5.92. The molecule has 0 spiro atoms. The van der Waals surface area contributed by atoms with E-state index in [1.54, 1.807) is 31.1 Å². The summed E-state index contributed by atoms with van der Waals surface area (Å²) in [4.78, 5) is 39.7. The summed E-state index contributed by atoms with van der Waals surface area (Å²) < 4.78 is 5.08. The van der Waals surface area contributed by atoms with Crippen LogP contribution in [0.5, 0.6) is 11.5 Å². The maximum atomic E-state index is 12.4. The smallest absolute Gasteiger partial charge is 0.343 e. The molecule has 0 amide bonds. The summed E-state index contributed by atoms with van der Waals surface area (Å²) in [6.45, 7) is 0. The second-order valence-electron chi connectivity index (χ2n) is 6.41. The van der Waals surface area contributed by atoms with Crippen LogP contribution in [0.25, 0.3) is 0 Å². The van der Waals surface area contributed by atoms with E-state index in [0.29, 0.717) is 6.07 Å². The van der Waals surface area contributed by atoms with Crippen LogP contribution in [0.3, 0.4) is 0 Å². The average molecular weight is 434 g/mol. The molecule has 0 fully saturated rings. The normalized spacial score (nSPS) is 10.9. The maximum absolute atomic E-state index is 12.4. The van der Waals surface area contributed by atoms with E-state index < -0.39 is 38.7 Å². The predicted octanol–water partition coefficient (Wildman–Crippen LogP) is 2.52. The Balaban J connectivity index is 2.45. The monoisotopic (exact) mass is 434 g/mol. The van der Waals surface area contributed by atoms with E-state index >= 15 is 0 Å². The largest absolute Gasteiger partial charge is 0.569 e. The van der Waals surface area contributed by atoms with Crippen LogP contribution >= 0.6 is 0 Å². The molecule has 0 saturated heterocycles. The summed E-state index contributed by atoms with van der Waals surface area (Å²) in [6.07, 6.45) is 0. The summed E-state index contributed by atoms with van der Waals surface area (Å²) in [5.74, 6) is -2.20. The van der Waals surface area contributed by atoms with Gasteiger partial charge < -0.3 is 14.8 Å². The first-order chi connectivity index (χ1) is 14.5. The van der Waals surface area contributed by atoms with E-state index in [1.807, 2.05) is 0 Å². The molecule has 0 radical (unpaired) electrons. The molecule has 2 rings (SSSR count). The van der Waals surface area contributed by atoms with Crippen LogP contribution in [-0.4, -0.2) is 54.0 Å². The summed E-state index contributed by atoms with van der Waals surface area (Å²) in [7, 11) is 6.27. The number of carbonyl (C=O) groups is 1. The Bertz CT molecular complexity index is 1040. The van der Waals surface area contributed by atoms with Crippen molar-refractivity contribution in [1.29, 1.82) is 0 Å². The average Bonchev–Trinajstić information content (AvgIpc) is 2.71. The second kappa shape index (κ2) is 9.34. The van der Waals surface area contributed by atoms with Crippen LogP contribution in [0.1, 0.15) is 10.4 Å². The number of nitrogens with zero attached hydrogens (tertiary/aromatic N) is 6. The third-order valence-corrected chi connectivity index (χ3v) is 3.81. The van der Waals surface area contributed by atoms with E-state index in [2.05, 4.69) is 5.28 Å². The highest BCUT2D eigenvalue weighted by Gasteiger charge is 2.29. The van der Waals surface area contributed by atoms with Crippen LogP contribution in [-0.2, 0) is 0 Å². The predicted molar refractivity (Wildman–Crippen MR) is 106 cm³/mol.